The quantitative estimate of drug-likeness (QED) is 0.499. The Morgan fingerprint density at radius 2 is 1.48 bits per heavy atom. The van der Waals surface area contributed by atoms with Crippen LogP contribution in [0.25, 0.3) is 10.8 Å². The summed E-state index contributed by atoms with van der Waals surface area (Å²) in [5, 5.41) is 3.18. The zero-order chi connectivity index (χ0) is 14.6. The Bertz CT molecular complexity index is 865. The van der Waals surface area contributed by atoms with E-state index in [1.54, 1.807) is 0 Å². The number of hydrogen-bond donors (Lipinski definition) is 0. The first-order valence-corrected chi connectivity index (χ1v) is 7.45. The SMILES string of the molecule is CC1(C)c2cc(Cl)ccc2Oc2cc3ccccc3cc21. The van der Waals surface area contributed by atoms with Gasteiger partial charge in [0.1, 0.15) is 11.5 Å². The zero-order valence-electron chi connectivity index (χ0n) is 12.0. The molecular weight excluding hydrogens is 280 g/mol. The van der Waals surface area contributed by atoms with E-state index in [9.17, 15) is 0 Å². The van der Waals surface area contributed by atoms with Gasteiger partial charge in [0, 0.05) is 21.6 Å². The lowest BCUT2D eigenvalue weighted by molar-refractivity contribution is 0.419. The van der Waals surface area contributed by atoms with Gasteiger partial charge in [0.15, 0.2) is 0 Å². The van der Waals surface area contributed by atoms with Crippen molar-refractivity contribution >= 4 is 22.4 Å². The number of benzene rings is 3. The van der Waals surface area contributed by atoms with Gasteiger partial charge in [0.2, 0.25) is 0 Å². The molecule has 0 bridgehead atoms. The van der Waals surface area contributed by atoms with Crippen LogP contribution in [0.2, 0.25) is 5.02 Å². The average Bonchev–Trinajstić information content (AvgIpc) is 2.47. The second kappa shape index (κ2) is 4.25. The molecule has 0 saturated carbocycles. The second-order valence-corrected chi connectivity index (χ2v) is 6.50. The van der Waals surface area contributed by atoms with Gasteiger partial charge in [0.25, 0.3) is 0 Å². The fourth-order valence-electron chi connectivity index (χ4n) is 3.14. The number of halogens is 1. The van der Waals surface area contributed by atoms with Gasteiger partial charge in [-0.1, -0.05) is 49.7 Å². The van der Waals surface area contributed by atoms with Gasteiger partial charge in [-0.15, -0.1) is 0 Å². The van der Waals surface area contributed by atoms with Gasteiger partial charge in [-0.25, -0.2) is 0 Å². The molecule has 1 aliphatic heterocycles. The number of ether oxygens (including phenoxy) is 1. The molecule has 21 heavy (non-hydrogen) atoms. The van der Waals surface area contributed by atoms with Crippen LogP contribution in [0.4, 0.5) is 0 Å². The van der Waals surface area contributed by atoms with Gasteiger partial charge in [-0.2, -0.15) is 0 Å². The lowest BCUT2D eigenvalue weighted by Gasteiger charge is -2.34. The third-order valence-corrected chi connectivity index (χ3v) is 4.59. The van der Waals surface area contributed by atoms with Gasteiger partial charge in [-0.3, -0.25) is 0 Å². The fourth-order valence-corrected chi connectivity index (χ4v) is 3.31. The maximum atomic E-state index is 6.17. The normalized spacial score (nSPS) is 15.2. The third-order valence-electron chi connectivity index (χ3n) is 4.36. The van der Waals surface area contributed by atoms with E-state index >= 15 is 0 Å². The Balaban J connectivity index is 2.02. The smallest absolute Gasteiger partial charge is 0.132 e. The highest BCUT2D eigenvalue weighted by Gasteiger charge is 2.34. The van der Waals surface area contributed by atoms with Crippen molar-refractivity contribution in [2.75, 3.05) is 0 Å². The Morgan fingerprint density at radius 3 is 2.24 bits per heavy atom. The minimum Gasteiger partial charge on any atom is -0.457 e. The molecule has 3 aromatic rings. The minimum absolute atomic E-state index is 0.127. The molecule has 1 aliphatic rings. The Hall–Kier alpha value is -1.99. The van der Waals surface area contributed by atoms with Crippen LogP contribution in [0.5, 0.6) is 11.5 Å². The Labute approximate surface area is 129 Å². The zero-order valence-corrected chi connectivity index (χ0v) is 12.7. The van der Waals surface area contributed by atoms with E-state index in [2.05, 4.69) is 50.2 Å². The van der Waals surface area contributed by atoms with Crippen LogP contribution in [-0.4, -0.2) is 0 Å². The summed E-state index contributed by atoms with van der Waals surface area (Å²) < 4.78 is 6.12. The van der Waals surface area contributed by atoms with Crippen LogP contribution in [0.1, 0.15) is 25.0 Å². The Morgan fingerprint density at radius 1 is 0.810 bits per heavy atom. The van der Waals surface area contributed by atoms with Crippen molar-refractivity contribution in [2.24, 2.45) is 0 Å². The monoisotopic (exact) mass is 294 g/mol. The molecular formula is C19H15ClO. The van der Waals surface area contributed by atoms with Gasteiger partial charge in [0.05, 0.1) is 0 Å². The lowest BCUT2D eigenvalue weighted by atomic mass is 9.75. The first-order valence-electron chi connectivity index (χ1n) is 7.07. The van der Waals surface area contributed by atoms with Gasteiger partial charge in [-0.05, 0) is 41.1 Å². The summed E-state index contributed by atoms with van der Waals surface area (Å²) in [7, 11) is 0. The highest BCUT2D eigenvalue weighted by atomic mass is 35.5. The topological polar surface area (TPSA) is 9.23 Å². The van der Waals surface area contributed by atoms with Crippen molar-refractivity contribution in [3.8, 4) is 11.5 Å². The van der Waals surface area contributed by atoms with E-state index in [1.165, 1.54) is 16.3 Å². The largest absolute Gasteiger partial charge is 0.457 e. The molecule has 0 atom stereocenters. The summed E-state index contributed by atoms with van der Waals surface area (Å²) >= 11 is 6.17. The second-order valence-electron chi connectivity index (χ2n) is 6.06. The molecule has 2 heteroatoms. The van der Waals surface area contributed by atoms with E-state index < -0.39 is 0 Å². The summed E-state index contributed by atoms with van der Waals surface area (Å²) in [6.07, 6.45) is 0. The highest BCUT2D eigenvalue weighted by Crippen LogP contribution is 2.49. The third kappa shape index (κ3) is 1.85. The molecule has 104 valence electrons. The van der Waals surface area contributed by atoms with E-state index in [4.69, 9.17) is 16.3 Å². The molecule has 0 spiro atoms. The highest BCUT2D eigenvalue weighted by molar-refractivity contribution is 6.30. The number of rotatable bonds is 0. The van der Waals surface area contributed by atoms with Crippen LogP contribution >= 0.6 is 11.6 Å². The maximum Gasteiger partial charge on any atom is 0.132 e. The molecule has 4 rings (SSSR count). The molecule has 0 fully saturated rings. The van der Waals surface area contributed by atoms with Crippen LogP contribution in [-0.2, 0) is 5.41 Å². The van der Waals surface area contributed by atoms with Crippen LogP contribution in [0.3, 0.4) is 0 Å². The minimum atomic E-state index is -0.127. The fraction of sp³-hybridized carbons (Fsp3) is 0.158. The molecule has 1 nitrogen and oxygen atoms in total. The Kier molecular flexibility index (Phi) is 2.58. The van der Waals surface area contributed by atoms with Crippen LogP contribution in [0, 0.1) is 0 Å². The molecule has 0 saturated heterocycles. The molecule has 1 heterocycles. The van der Waals surface area contributed by atoms with Gasteiger partial charge < -0.3 is 4.74 Å². The molecule has 0 radical (unpaired) electrons. The summed E-state index contributed by atoms with van der Waals surface area (Å²) in [6, 6.07) is 18.6. The summed E-state index contributed by atoms with van der Waals surface area (Å²) in [5.74, 6) is 1.83. The standard InChI is InChI=1S/C19H15ClO/c1-19(2)15-9-12-5-3-4-6-13(12)10-18(15)21-17-8-7-14(20)11-16(17)19/h3-11H,1-2H3. The number of fused-ring (bicyclic) bond motifs is 3. The molecule has 0 amide bonds. The molecule has 0 aromatic heterocycles. The van der Waals surface area contributed by atoms with Crippen molar-refractivity contribution < 1.29 is 4.74 Å². The van der Waals surface area contributed by atoms with Gasteiger partial charge >= 0.3 is 0 Å². The summed E-state index contributed by atoms with van der Waals surface area (Å²) in [5.41, 5.74) is 2.21. The predicted octanol–water partition coefficient (Wildman–Crippen LogP) is 5.92. The van der Waals surface area contributed by atoms with Crippen LogP contribution < -0.4 is 4.74 Å². The predicted molar refractivity (Wildman–Crippen MR) is 87.6 cm³/mol. The van der Waals surface area contributed by atoms with Crippen molar-refractivity contribution in [3.63, 3.8) is 0 Å². The van der Waals surface area contributed by atoms with E-state index in [-0.39, 0.29) is 5.41 Å². The first kappa shape index (κ1) is 12.7. The maximum absolute atomic E-state index is 6.17. The average molecular weight is 295 g/mol. The van der Waals surface area contributed by atoms with E-state index in [0.717, 1.165) is 22.1 Å². The molecule has 0 unspecified atom stereocenters. The first-order chi connectivity index (χ1) is 10.1. The van der Waals surface area contributed by atoms with E-state index in [0.29, 0.717) is 0 Å². The summed E-state index contributed by atoms with van der Waals surface area (Å²) in [6.45, 7) is 4.44. The van der Waals surface area contributed by atoms with Crippen LogP contribution in [0.15, 0.2) is 54.6 Å². The molecule has 0 N–H and O–H groups in total. The summed E-state index contributed by atoms with van der Waals surface area (Å²) in [4.78, 5) is 0. The van der Waals surface area contributed by atoms with E-state index in [1.807, 2.05) is 18.2 Å². The van der Waals surface area contributed by atoms with Crippen molar-refractivity contribution in [2.45, 2.75) is 19.3 Å². The molecule has 3 aromatic carbocycles. The lowest BCUT2D eigenvalue weighted by Crippen LogP contribution is -2.24. The molecule has 0 aliphatic carbocycles. The van der Waals surface area contributed by atoms with Crippen molar-refractivity contribution in [3.05, 3.63) is 70.7 Å². The number of hydrogen-bond acceptors (Lipinski definition) is 1. The van der Waals surface area contributed by atoms with Crippen molar-refractivity contribution in [1.82, 2.24) is 0 Å². The van der Waals surface area contributed by atoms with Crippen molar-refractivity contribution in [1.29, 1.82) is 0 Å².